The molecular weight excluding hydrogens is 470 g/mol. The van der Waals surface area contributed by atoms with Gasteiger partial charge in [-0.2, -0.15) is 0 Å². The highest BCUT2D eigenvalue weighted by Crippen LogP contribution is 2.50. The molecule has 1 unspecified atom stereocenters. The molecule has 1 fully saturated rings. The highest BCUT2D eigenvalue weighted by molar-refractivity contribution is 7.17. The number of hydrogen-bond donors (Lipinski definition) is 0. The number of hydrogen-bond acceptors (Lipinski definition) is 6. The summed E-state index contributed by atoms with van der Waals surface area (Å²) < 4.78 is 0. The normalized spacial score (nSPS) is 18.8. The first-order valence-electron chi connectivity index (χ1n) is 10.7. The molecule has 6 rings (SSSR count). The molecular formula is C25H18ClN5O2S. The third kappa shape index (κ3) is 2.85. The monoisotopic (exact) mass is 487 g/mol. The van der Waals surface area contributed by atoms with Gasteiger partial charge in [0.2, 0.25) is 0 Å². The maximum absolute atomic E-state index is 14.1. The van der Waals surface area contributed by atoms with E-state index in [1.807, 2.05) is 31.2 Å². The molecule has 2 aliphatic rings. The molecule has 4 aromatic rings. The summed E-state index contributed by atoms with van der Waals surface area (Å²) in [5.41, 5.74) is 2.46. The fourth-order valence-electron chi connectivity index (χ4n) is 4.94. The molecule has 9 heteroatoms. The number of aryl methyl sites for hydroxylation is 1. The molecule has 0 spiro atoms. The smallest absolute Gasteiger partial charge is 0.268 e. The highest BCUT2D eigenvalue weighted by atomic mass is 35.5. The largest absolute Gasteiger partial charge is 0.306 e. The zero-order chi connectivity index (χ0) is 23.4. The molecule has 2 aliphatic heterocycles. The lowest BCUT2D eigenvalue weighted by atomic mass is 9.91. The standard InChI is InChI=1S/C25H18ClN5O2S/c1-15-21(34-22(29-15)16-3-2-9-27-13-16)24(33)31-12-11-30-23(32)19-8-10-28-14-20(19)25(30,31)17-4-6-18(26)7-5-17/h2-10,13-14H,11-12H2,1H3. The number of carbonyl (C=O) groups is 2. The zero-order valence-corrected chi connectivity index (χ0v) is 19.7. The molecule has 1 atom stereocenters. The van der Waals surface area contributed by atoms with Gasteiger partial charge in [-0.15, -0.1) is 11.3 Å². The first-order chi connectivity index (χ1) is 16.5. The van der Waals surface area contributed by atoms with Gasteiger partial charge in [0.05, 0.1) is 11.3 Å². The molecule has 34 heavy (non-hydrogen) atoms. The lowest BCUT2D eigenvalue weighted by Gasteiger charge is -2.40. The van der Waals surface area contributed by atoms with E-state index in [1.54, 1.807) is 52.8 Å². The van der Waals surface area contributed by atoms with Gasteiger partial charge < -0.3 is 9.80 Å². The Hall–Kier alpha value is -3.62. The minimum atomic E-state index is -1.09. The van der Waals surface area contributed by atoms with Crippen molar-refractivity contribution in [3.05, 3.63) is 99.5 Å². The van der Waals surface area contributed by atoms with Gasteiger partial charge in [0.1, 0.15) is 9.88 Å². The second-order valence-corrected chi connectivity index (χ2v) is 9.62. The second-order valence-electron chi connectivity index (χ2n) is 8.19. The number of halogens is 1. The summed E-state index contributed by atoms with van der Waals surface area (Å²) in [6, 6.07) is 12.8. The number of carbonyl (C=O) groups excluding carboxylic acids is 2. The molecule has 1 saturated heterocycles. The molecule has 3 aromatic heterocycles. The van der Waals surface area contributed by atoms with Crippen LogP contribution >= 0.6 is 22.9 Å². The summed E-state index contributed by atoms with van der Waals surface area (Å²) in [5.74, 6) is -0.285. The van der Waals surface area contributed by atoms with Crippen molar-refractivity contribution in [1.82, 2.24) is 24.8 Å². The van der Waals surface area contributed by atoms with E-state index in [-0.39, 0.29) is 11.8 Å². The van der Waals surface area contributed by atoms with Crippen molar-refractivity contribution >= 4 is 34.8 Å². The van der Waals surface area contributed by atoms with Crippen LogP contribution in [0.25, 0.3) is 10.6 Å². The van der Waals surface area contributed by atoms with E-state index >= 15 is 0 Å². The Balaban J connectivity index is 1.52. The zero-order valence-electron chi connectivity index (χ0n) is 18.1. The number of benzene rings is 1. The second kappa shape index (κ2) is 7.72. The van der Waals surface area contributed by atoms with E-state index < -0.39 is 5.66 Å². The molecule has 2 amide bonds. The number of fused-ring (bicyclic) bond motifs is 3. The van der Waals surface area contributed by atoms with Crippen molar-refractivity contribution in [3.63, 3.8) is 0 Å². The number of nitrogens with zero attached hydrogens (tertiary/aromatic N) is 5. The Bertz CT molecular complexity index is 1440. The average molecular weight is 488 g/mol. The van der Waals surface area contributed by atoms with E-state index in [2.05, 4.69) is 15.0 Å². The van der Waals surface area contributed by atoms with E-state index in [4.69, 9.17) is 11.6 Å². The minimum absolute atomic E-state index is 0.111. The first kappa shape index (κ1) is 20.9. The van der Waals surface area contributed by atoms with E-state index in [1.165, 1.54) is 11.3 Å². The maximum atomic E-state index is 14.1. The third-order valence-corrected chi connectivity index (χ3v) is 7.84. The predicted molar refractivity (Wildman–Crippen MR) is 129 cm³/mol. The summed E-state index contributed by atoms with van der Waals surface area (Å²) in [7, 11) is 0. The average Bonchev–Trinajstić information content (AvgIpc) is 3.52. The lowest BCUT2D eigenvalue weighted by Crippen LogP contribution is -2.51. The Morgan fingerprint density at radius 3 is 2.62 bits per heavy atom. The van der Waals surface area contributed by atoms with Crippen molar-refractivity contribution in [1.29, 1.82) is 0 Å². The maximum Gasteiger partial charge on any atom is 0.268 e. The Labute approximate surface area is 204 Å². The lowest BCUT2D eigenvalue weighted by molar-refractivity contribution is 0.0377. The van der Waals surface area contributed by atoms with Crippen LogP contribution in [-0.4, -0.2) is 49.7 Å². The van der Waals surface area contributed by atoms with Gasteiger partial charge in [-0.05, 0) is 37.3 Å². The number of amides is 2. The van der Waals surface area contributed by atoms with Crippen LogP contribution in [0.4, 0.5) is 0 Å². The quantitative estimate of drug-likeness (QED) is 0.428. The summed E-state index contributed by atoms with van der Waals surface area (Å²) in [5, 5.41) is 1.31. The molecule has 168 valence electrons. The van der Waals surface area contributed by atoms with Crippen LogP contribution in [0.1, 0.15) is 36.9 Å². The van der Waals surface area contributed by atoms with Gasteiger partial charge in [-0.25, -0.2) is 4.98 Å². The molecule has 0 radical (unpaired) electrons. The fourth-order valence-corrected chi connectivity index (χ4v) is 6.07. The summed E-state index contributed by atoms with van der Waals surface area (Å²) in [4.78, 5) is 44.7. The van der Waals surface area contributed by atoms with Gasteiger partial charge in [0.25, 0.3) is 11.8 Å². The van der Waals surface area contributed by atoms with Crippen LogP contribution in [0.3, 0.4) is 0 Å². The molecule has 5 heterocycles. The summed E-state index contributed by atoms with van der Waals surface area (Å²) >= 11 is 7.52. The number of aromatic nitrogens is 3. The van der Waals surface area contributed by atoms with Crippen molar-refractivity contribution in [2.75, 3.05) is 13.1 Å². The third-order valence-electron chi connectivity index (χ3n) is 6.39. The first-order valence-corrected chi connectivity index (χ1v) is 11.9. The number of pyridine rings is 2. The van der Waals surface area contributed by atoms with Crippen LogP contribution in [-0.2, 0) is 5.66 Å². The van der Waals surface area contributed by atoms with E-state index in [9.17, 15) is 9.59 Å². The molecule has 0 bridgehead atoms. The minimum Gasteiger partial charge on any atom is -0.306 e. The molecule has 7 nitrogen and oxygen atoms in total. The Morgan fingerprint density at radius 1 is 1.06 bits per heavy atom. The van der Waals surface area contributed by atoms with Crippen LogP contribution in [0.5, 0.6) is 0 Å². The van der Waals surface area contributed by atoms with Crippen LogP contribution in [0.15, 0.2) is 67.3 Å². The summed E-state index contributed by atoms with van der Waals surface area (Å²) in [6.45, 7) is 2.64. The molecule has 1 aromatic carbocycles. The van der Waals surface area contributed by atoms with E-state index in [0.717, 1.165) is 16.1 Å². The van der Waals surface area contributed by atoms with Crippen molar-refractivity contribution in [2.45, 2.75) is 12.6 Å². The number of thiazole rings is 1. The Morgan fingerprint density at radius 2 is 1.85 bits per heavy atom. The topological polar surface area (TPSA) is 79.3 Å². The fraction of sp³-hybridized carbons (Fsp3) is 0.160. The van der Waals surface area contributed by atoms with Crippen LogP contribution < -0.4 is 0 Å². The Kier molecular flexibility index (Phi) is 4.75. The van der Waals surface area contributed by atoms with Gasteiger partial charge in [0, 0.05) is 59.6 Å². The van der Waals surface area contributed by atoms with Gasteiger partial charge in [-0.1, -0.05) is 23.7 Å². The summed E-state index contributed by atoms with van der Waals surface area (Å²) in [6.07, 6.45) is 6.73. The van der Waals surface area contributed by atoms with E-state index in [0.29, 0.717) is 39.8 Å². The van der Waals surface area contributed by atoms with Crippen molar-refractivity contribution in [3.8, 4) is 10.6 Å². The van der Waals surface area contributed by atoms with Gasteiger partial charge in [-0.3, -0.25) is 19.6 Å². The van der Waals surface area contributed by atoms with Crippen molar-refractivity contribution in [2.24, 2.45) is 0 Å². The van der Waals surface area contributed by atoms with Crippen LogP contribution in [0.2, 0.25) is 5.02 Å². The predicted octanol–water partition coefficient (Wildman–Crippen LogP) is 4.37. The number of rotatable bonds is 3. The SMILES string of the molecule is Cc1nc(-c2cccnc2)sc1C(=O)N1CCN2C(=O)c3ccncc3C21c1ccc(Cl)cc1. The molecule has 0 N–H and O–H groups in total. The van der Waals surface area contributed by atoms with Gasteiger partial charge in [0.15, 0.2) is 5.66 Å². The highest BCUT2D eigenvalue weighted by Gasteiger charge is 2.60. The van der Waals surface area contributed by atoms with Gasteiger partial charge >= 0.3 is 0 Å². The van der Waals surface area contributed by atoms with Crippen LogP contribution in [0, 0.1) is 6.92 Å². The van der Waals surface area contributed by atoms with Crippen molar-refractivity contribution < 1.29 is 9.59 Å². The molecule has 0 saturated carbocycles. The molecule has 0 aliphatic carbocycles.